The monoisotopic (exact) mass is 467 g/mol. The molecule has 0 aliphatic heterocycles. The van der Waals surface area contributed by atoms with Gasteiger partial charge in [0.1, 0.15) is 0 Å². The first-order valence-electron chi connectivity index (χ1n) is 6.21. The van der Waals surface area contributed by atoms with Gasteiger partial charge in [-0.05, 0) is 33.9 Å². The first-order valence-corrected chi connectivity index (χ1v) is 6.21. The number of hydrogen-bond donors (Lipinski definition) is 1. The van der Waals surface area contributed by atoms with Gasteiger partial charge in [-0.25, -0.2) is 0 Å². The minimum atomic E-state index is 0. The Morgan fingerprint density at radius 1 is 1.24 bits per heavy atom. The first kappa shape index (κ1) is 23.1. The van der Waals surface area contributed by atoms with Gasteiger partial charge in [-0.1, -0.05) is 0 Å². The fourth-order valence-electron chi connectivity index (χ4n) is 1.03. The van der Waals surface area contributed by atoms with Crippen LogP contribution >= 0.6 is 0 Å². The average molecular weight is 467 g/mol. The molecule has 0 aromatic carbocycles. The van der Waals surface area contributed by atoms with Crippen molar-refractivity contribution in [3.8, 4) is 0 Å². The van der Waals surface area contributed by atoms with Gasteiger partial charge < -0.3 is 22.4 Å². The van der Waals surface area contributed by atoms with Crippen molar-refractivity contribution in [2.45, 2.75) is 60.0 Å². The molecule has 102 valence electrons. The summed E-state index contributed by atoms with van der Waals surface area (Å²) in [5.74, 6) is 1.43. The molecule has 1 N–H and O–H groups in total. The number of nitrogens with one attached hydrogen (secondary N) is 1. The van der Waals surface area contributed by atoms with E-state index >= 15 is 0 Å². The molecule has 0 saturated heterocycles. The van der Waals surface area contributed by atoms with Crippen LogP contribution in [-0.2, 0) is 4.74 Å². The Morgan fingerprint density at radius 2 is 1.71 bits per heavy atom. The van der Waals surface area contributed by atoms with Crippen LogP contribution in [0.1, 0.15) is 54.4 Å². The van der Waals surface area contributed by atoms with Crippen LogP contribution < -0.4 is 5.32 Å². The maximum Gasteiger partial charge on any atom is 2.00 e. The Kier molecular flexibility index (Phi) is 20.4. The molecule has 0 aliphatic carbocycles. The fraction of sp³-hybridized carbons (Fsp3) is 0.857. The average Bonchev–Trinajstić information content (AvgIpc) is 2.15. The van der Waals surface area contributed by atoms with Crippen molar-refractivity contribution < 1.29 is 35.9 Å². The van der Waals surface area contributed by atoms with Gasteiger partial charge in [-0.2, -0.15) is 34.1 Å². The van der Waals surface area contributed by atoms with Crippen molar-refractivity contribution in [2.24, 2.45) is 0 Å². The molecule has 2 nitrogen and oxygen atoms in total. The molecule has 0 heterocycles. The second kappa shape index (κ2) is 15.0. The smallest absolute Gasteiger partial charge is 0.378 e. The van der Waals surface area contributed by atoms with Gasteiger partial charge in [0.05, 0.1) is 5.60 Å². The van der Waals surface area contributed by atoms with E-state index in [1.165, 1.54) is 5.92 Å². The summed E-state index contributed by atoms with van der Waals surface area (Å²) in [6, 6.07) is 0. The number of rotatable bonds is 7. The van der Waals surface area contributed by atoms with Crippen molar-refractivity contribution in [1.29, 1.82) is 0 Å². The summed E-state index contributed by atoms with van der Waals surface area (Å²) < 4.78 is 5.78. The van der Waals surface area contributed by atoms with Crippen LogP contribution in [0.4, 0.5) is 0 Å². The van der Waals surface area contributed by atoms with E-state index < -0.39 is 0 Å². The Bertz CT molecular complexity index is 138. The van der Waals surface area contributed by atoms with Gasteiger partial charge in [0.2, 0.25) is 0 Å². The molecule has 0 atom stereocenters. The van der Waals surface area contributed by atoms with Crippen molar-refractivity contribution >= 4 is 0 Å². The number of ether oxygens (including phenoxy) is 1. The molecule has 0 spiro atoms. The summed E-state index contributed by atoms with van der Waals surface area (Å²) in [5.41, 5.74) is 0.0124. The molecule has 0 unspecified atom stereocenters. The van der Waals surface area contributed by atoms with Crippen LogP contribution in [-0.4, -0.2) is 25.8 Å². The maximum atomic E-state index is 5.78. The number of hydrogen-bond acceptors (Lipinski definition) is 2. The van der Waals surface area contributed by atoms with Crippen LogP contribution in [0, 0.1) is 43.5 Å². The summed E-state index contributed by atoms with van der Waals surface area (Å²) in [7, 11) is 1.97. The van der Waals surface area contributed by atoms with Gasteiger partial charge in [-0.15, -0.1) is 0 Å². The SMILES string of the molecule is CNCCC(C)(C)OCC[C-](C)C.C[CH-]C.[U+2]. The van der Waals surface area contributed by atoms with E-state index in [0.717, 1.165) is 26.0 Å². The third kappa shape index (κ3) is 22.6. The third-order valence-electron chi connectivity index (χ3n) is 2.07. The van der Waals surface area contributed by atoms with Crippen LogP contribution in [0.25, 0.3) is 0 Å². The second-order valence-corrected chi connectivity index (χ2v) is 5.00. The summed E-state index contributed by atoms with van der Waals surface area (Å²) in [6.07, 6.45) is 4.13. The minimum Gasteiger partial charge on any atom is -0.378 e. The predicted molar refractivity (Wildman–Crippen MR) is 73.4 cm³/mol. The molecule has 0 fully saturated rings. The molecule has 0 aromatic rings. The first-order chi connectivity index (χ1) is 7.39. The molecule has 0 amide bonds. The van der Waals surface area contributed by atoms with Gasteiger partial charge in [0.15, 0.2) is 0 Å². The molecule has 0 bridgehead atoms. The molecule has 17 heavy (non-hydrogen) atoms. The predicted octanol–water partition coefficient (Wildman–Crippen LogP) is 3.63. The Hall–Kier alpha value is 0.972. The van der Waals surface area contributed by atoms with Gasteiger partial charge in [0.25, 0.3) is 0 Å². The van der Waals surface area contributed by atoms with E-state index in [0.29, 0.717) is 0 Å². The third-order valence-corrected chi connectivity index (χ3v) is 2.07. The van der Waals surface area contributed by atoms with Gasteiger partial charge >= 0.3 is 31.1 Å². The zero-order chi connectivity index (χ0) is 13.0. The quantitative estimate of drug-likeness (QED) is 0.578. The minimum absolute atomic E-state index is 0. The maximum absolute atomic E-state index is 5.78. The normalized spacial score (nSPS) is 10.6. The Morgan fingerprint density at radius 3 is 2.06 bits per heavy atom. The summed E-state index contributed by atoms with van der Waals surface area (Å²) in [6.45, 7) is 14.4. The summed E-state index contributed by atoms with van der Waals surface area (Å²) >= 11 is 0. The topological polar surface area (TPSA) is 21.3 Å². The molecule has 3 heteroatoms. The Labute approximate surface area is 133 Å². The Balaban J connectivity index is -0.000000440. The van der Waals surface area contributed by atoms with Crippen molar-refractivity contribution in [1.82, 2.24) is 5.32 Å². The van der Waals surface area contributed by atoms with Gasteiger partial charge in [0, 0.05) is 6.61 Å². The van der Waals surface area contributed by atoms with Crippen LogP contribution in [0.5, 0.6) is 0 Å². The van der Waals surface area contributed by atoms with E-state index in [2.05, 4.69) is 33.0 Å². The standard InChI is InChI=1S/C11H24NO.C3H7.U/c1-10(2)6-9-13-11(3,4)7-8-12-5;1-3-2;/h12H,6-9H2,1-5H3;3H,1-2H3;/q2*-1;+2. The molecule has 0 rings (SSSR count). The molecule has 0 aliphatic rings. The fourth-order valence-corrected chi connectivity index (χ4v) is 1.03. The molecular formula is C14H31NOU. The van der Waals surface area contributed by atoms with Gasteiger partial charge in [-0.3, -0.25) is 0 Å². The molecular weight excluding hydrogens is 436 g/mol. The zero-order valence-corrected chi connectivity index (χ0v) is 17.0. The zero-order valence-electron chi connectivity index (χ0n) is 12.8. The molecule has 0 aromatic heterocycles. The van der Waals surface area contributed by atoms with Crippen molar-refractivity contribution in [3.05, 3.63) is 12.3 Å². The largest absolute Gasteiger partial charge is 2.00 e. The van der Waals surface area contributed by atoms with E-state index in [1.807, 2.05) is 27.3 Å². The van der Waals surface area contributed by atoms with Crippen molar-refractivity contribution in [2.75, 3.05) is 20.2 Å². The van der Waals surface area contributed by atoms with E-state index in [4.69, 9.17) is 4.74 Å². The summed E-state index contributed by atoms with van der Waals surface area (Å²) in [4.78, 5) is 0. The van der Waals surface area contributed by atoms with Crippen LogP contribution in [0.3, 0.4) is 0 Å². The van der Waals surface area contributed by atoms with E-state index in [9.17, 15) is 0 Å². The molecule has 0 radical (unpaired) electrons. The van der Waals surface area contributed by atoms with Crippen LogP contribution in [0.2, 0.25) is 0 Å². The summed E-state index contributed by atoms with van der Waals surface area (Å²) in [5, 5.41) is 3.14. The van der Waals surface area contributed by atoms with E-state index in [-0.39, 0.29) is 36.7 Å². The second-order valence-electron chi connectivity index (χ2n) is 5.00. The van der Waals surface area contributed by atoms with E-state index in [1.54, 1.807) is 0 Å². The molecule has 0 saturated carbocycles. The van der Waals surface area contributed by atoms with Crippen LogP contribution in [0.15, 0.2) is 0 Å². The van der Waals surface area contributed by atoms with Crippen molar-refractivity contribution in [3.63, 3.8) is 0 Å².